The van der Waals surface area contributed by atoms with Crippen molar-refractivity contribution in [3.05, 3.63) is 24.1 Å². The van der Waals surface area contributed by atoms with Gasteiger partial charge in [-0.25, -0.2) is 0 Å². The Labute approximate surface area is 177 Å². The molecule has 0 bridgehead atoms. The fourth-order valence-electron chi connectivity index (χ4n) is 4.86. The van der Waals surface area contributed by atoms with Gasteiger partial charge in [0.1, 0.15) is 11.2 Å². The summed E-state index contributed by atoms with van der Waals surface area (Å²) in [5.74, 6) is -0.183. The highest BCUT2D eigenvalue weighted by atomic mass is 16.5. The predicted molar refractivity (Wildman–Crippen MR) is 114 cm³/mol. The van der Waals surface area contributed by atoms with Gasteiger partial charge in [0.15, 0.2) is 5.58 Å². The lowest BCUT2D eigenvalue weighted by Gasteiger charge is -2.44. The van der Waals surface area contributed by atoms with Crippen molar-refractivity contribution in [2.45, 2.75) is 76.9 Å². The highest BCUT2D eigenvalue weighted by molar-refractivity contribution is 6.02. The molecule has 4 rings (SSSR count). The minimum atomic E-state index is -0.953. The van der Waals surface area contributed by atoms with Crippen molar-refractivity contribution in [1.29, 1.82) is 0 Å². The van der Waals surface area contributed by atoms with E-state index in [-0.39, 0.29) is 17.9 Å². The Balaban J connectivity index is 1.61. The van der Waals surface area contributed by atoms with Crippen LogP contribution in [0.5, 0.6) is 0 Å². The summed E-state index contributed by atoms with van der Waals surface area (Å²) in [5.41, 5.74) is 1.17. The summed E-state index contributed by atoms with van der Waals surface area (Å²) in [4.78, 5) is 28.8. The van der Waals surface area contributed by atoms with Gasteiger partial charge in [-0.05, 0) is 33.1 Å². The molecule has 1 atom stereocenters. The summed E-state index contributed by atoms with van der Waals surface area (Å²) >= 11 is 0. The molecule has 164 valence electrons. The van der Waals surface area contributed by atoms with E-state index in [2.05, 4.69) is 5.32 Å². The highest BCUT2D eigenvalue weighted by Crippen LogP contribution is 2.33. The molecule has 7 nitrogen and oxygen atoms in total. The lowest BCUT2D eigenvalue weighted by Crippen LogP contribution is -2.65. The normalized spacial score (nSPS) is 22.9. The van der Waals surface area contributed by atoms with Crippen LogP contribution in [0.1, 0.15) is 69.3 Å². The van der Waals surface area contributed by atoms with Crippen LogP contribution in [0.15, 0.2) is 22.8 Å². The molecular formula is C23H33N3O4. The van der Waals surface area contributed by atoms with Gasteiger partial charge >= 0.3 is 0 Å². The third-order valence-electron chi connectivity index (χ3n) is 6.60. The van der Waals surface area contributed by atoms with Crippen molar-refractivity contribution < 1.29 is 18.7 Å². The van der Waals surface area contributed by atoms with Gasteiger partial charge in [-0.15, -0.1) is 0 Å². The Hall–Kier alpha value is -2.28. The molecule has 0 radical (unpaired) electrons. The minimum Gasteiger partial charge on any atom is -0.463 e. The molecule has 1 aliphatic heterocycles. The number of amides is 2. The van der Waals surface area contributed by atoms with Crippen molar-refractivity contribution in [2.24, 2.45) is 0 Å². The molecule has 1 fully saturated rings. The average molecular weight is 416 g/mol. The number of nitrogens with one attached hydrogen (secondary N) is 1. The van der Waals surface area contributed by atoms with Crippen molar-refractivity contribution >= 4 is 22.9 Å². The molecule has 2 amide bonds. The molecule has 30 heavy (non-hydrogen) atoms. The van der Waals surface area contributed by atoms with E-state index in [1.54, 1.807) is 17.2 Å². The van der Waals surface area contributed by atoms with Crippen molar-refractivity contribution in [3.63, 3.8) is 0 Å². The molecule has 2 aromatic rings. The van der Waals surface area contributed by atoms with Gasteiger partial charge in [0.2, 0.25) is 5.91 Å². The SMILES string of the molecule is CCOCCCN1C(=O)c2cc3occc3n2C[C@]1(C)C(=O)NC1CCCCCC1. The van der Waals surface area contributed by atoms with Gasteiger partial charge in [-0.1, -0.05) is 25.7 Å². The van der Waals surface area contributed by atoms with Crippen LogP contribution in [0.25, 0.3) is 11.1 Å². The second-order valence-corrected chi connectivity index (χ2v) is 8.73. The average Bonchev–Trinajstić information content (AvgIpc) is 3.22. The Morgan fingerprint density at radius 1 is 1.30 bits per heavy atom. The number of furan rings is 1. The van der Waals surface area contributed by atoms with E-state index >= 15 is 0 Å². The van der Waals surface area contributed by atoms with Gasteiger partial charge < -0.3 is 23.9 Å². The van der Waals surface area contributed by atoms with Crippen LogP contribution < -0.4 is 5.32 Å². The van der Waals surface area contributed by atoms with E-state index in [9.17, 15) is 9.59 Å². The number of carbonyl (C=O) groups is 2. The summed E-state index contributed by atoms with van der Waals surface area (Å²) < 4.78 is 12.9. The number of fused-ring (bicyclic) bond motifs is 3. The molecule has 1 saturated carbocycles. The number of carbonyl (C=O) groups excluding carboxylic acids is 2. The third-order valence-corrected chi connectivity index (χ3v) is 6.60. The maximum atomic E-state index is 13.6. The number of rotatable bonds is 7. The van der Waals surface area contributed by atoms with Crippen LogP contribution in [0.3, 0.4) is 0 Å². The van der Waals surface area contributed by atoms with E-state index in [0.717, 1.165) is 31.2 Å². The van der Waals surface area contributed by atoms with Crippen LogP contribution >= 0.6 is 0 Å². The fraction of sp³-hybridized carbons (Fsp3) is 0.652. The zero-order valence-electron chi connectivity index (χ0n) is 18.1. The molecule has 2 aromatic heterocycles. The first-order chi connectivity index (χ1) is 14.5. The largest absolute Gasteiger partial charge is 0.463 e. The quantitative estimate of drug-likeness (QED) is 0.552. The van der Waals surface area contributed by atoms with E-state index in [4.69, 9.17) is 9.15 Å². The summed E-state index contributed by atoms with van der Waals surface area (Å²) in [7, 11) is 0. The summed E-state index contributed by atoms with van der Waals surface area (Å²) in [6, 6.07) is 3.84. The predicted octanol–water partition coefficient (Wildman–Crippen LogP) is 3.71. The van der Waals surface area contributed by atoms with Gasteiger partial charge in [0.25, 0.3) is 5.91 Å². The Bertz CT molecular complexity index is 894. The van der Waals surface area contributed by atoms with Gasteiger partial charge in [-0.2, -0.15) is 0 Å². The lowest BCUT2D eigenvalue weighted by molar-refractivity contribution is -0.133. The maximum absolute atomic E-state index is 13.6. The number of hydrogen-bond acceptors (Lipinski definition) is 4. The molecule has 0 spiro atoms. The molecule has 0 saturated heterocycles. The second kappa shape index (κ2) is 8.84. The second-order valence-electron chi connectivity index (χ2n) is 8.73. The van der Waals surface area contributed by atoms with E-state index in [1.165, 1.54) is 12.8 Å². The van der Waals surface area contributed by atoms with Gasteiger partial charge in [-0.3, -0.25) is 9.59 Å². The van der Waals surface area contributed by atoms with Crippen LogP contribution in [0, 0.1) is 0 Å². The lowest BCUT2D eigenvalue weighted by atomic mass is 9.93. The number of ether oxygens (including phenoxy) is 1. The summed E-state index contributed by atoms with van der Waals surface area (Å²) in [5, 5.41) is 3.29. The first-order valence-electron chi connectivity index (χ1n) is 11.3. The van der Waals surface area contributed by atoms with Gasteiger partial charge in [0.05, 0.1) is 18.3 Å². The minimum absolute atomic E-state index is 0.0600. The Morgan fingerprint density at radius 3 is 2.80 bits per heavy atom. The number of hydrogen-bond donors (Lipinski definition) is 1. The van der Waals surface area contributed by atoms with Crippen molar-refractivity contribution in [1.82, 2.24) is 14.8 Å². The van der Waals surface area contributed by atoms with E-state index in [0.29, 0.717) is 44.0 Å². The molecule has 3 heterocycles. The topological polar surface area (TPSA) is 76.7 Å². The molecule has 7 heteroatoms. The molecule has 2 aliphatic rings. The molecule has 1 aliphatic carbocycles. The molecule has 0 aromatic carbocycles. The molecule has 0 unspecified atom stereocenters. The van der Waals surface area contributed by atoms with Crippen molar-refractivity contribution in [2.75, 3.05) is 19.8 Å². The third kappa shape index (κ3) is 3.87. The summed E-state index contributed by atoms with van der Waals surface area (Å²) in [6.45, 7) is 5.98. The van der Waals surface area contributed by atoms with Crippen LogP contribution in [-0.4, -0.2) is 52.6 Å². The first kappa shape index (κ1) is 21.0. The van der Waals surface area contributed by atoms with E-state index in [1.807, 2.05) is 24.5 Å². The monoisotopic (exact) mass is 415 g/mol. The van der Waals surface area contributed by atoms with E-state index < -0.39 is 5.54 Å². The highest BCUT2D eigenvalue weighted by Gasteiger charge is 2.48. The zero-order valence-corrected chi connectivity index (χ0v) is 18.1. The smallest absolute Gasteiger partial charge is 0.271 e. The van der Waals surface area contributed by atoms with Crippen LogP contribution in [0.2, 0.25) is 0 Å². The van der Waals surface area contributed by atoms with Crippen LogP contribution in [-0.2, 0) is 16.1 Å². The fourth-order valence-corrected chi connectivity index (χ4v) is 4.86. The Kier molecular flexibility index (Phi) is 6.18. The molecule has 1 N–H and O–H groups in total. The zero-order chi connectivity index (χ0) is 21.1. The standard InChI is InChI=1S/C23H33N3O4/c1-3-29-13-8-12-26-21(27)19-15-20-18(11-14-30-20)25(19)16-23(26,2)22(28)24-17-9-6-4-5-7-10-17/h11,14-15,17H,3-10,12-13,16H2,1-2H3,(H,24,28)/t23-/m1/s1. The summed E-state index contributed by atoms with van der Waals surface area (Å²) in [6.07, 6.45) is 9.12. The first-order valence-corrected chi connectivity index (χ1v) is 11.3. The number of nitrogens with zero attached hydrogens (tertiary/aromatic N) is 2. The molecular weight excluding hydrogens is 382 g/mol. The van der Waals surface area contributed by atoms with Crippen LogP contribution in [0.4, 0.5) is 0 Å². The van der Waals surface area contributed by atoms with Gasteiger partial charge in [0, 0.05) is 37.9 Å². The maximum Gasteiger partial charge on any atom is 0.271 e. The number of aromatic nitrogens is 1. The van der Waals surface area contributed by atoms with Crippen molar-refractivity contribution in [3.8, 4) is 0 Å². The Morgan fingerprint density at radius 2 is 2.07 bits per heavy atom.